The second-order valence-electron chi connectivity index (χ2n) is 20.4. The Hall–Kier alpha value is -4.88. The van der Waals surface area contributed by atoms with Gasteiger partial charge in [0.05, 0.1) is 60.6 Å². The average molecular weight is 1050 g/mol. The van der Waals surface area contributed by atoms with Crippen molar-refractivity contribution in [3.63, 3.8) is 0 Å². The summed E-state index contributed by atoms with van der Waals surface area (Å²) in [6.45, 7) is 18.9. The lowest BCUT2D eigenvalue weighted by atomic mass is 9.77. The van der Waals surface area contributed by atoms with Gasteiger partial charge in [-0.25, -0.2) is 4.79 Å². The highest BCUT2D eigenvalue weighted by molar-refractivity contribution is 7.62. The second kappa shape index (κ2) is 24.4. The normalized spacial score (nSPS) is 15.2. The molecule has 20 heteroatoms. The molecule has 72 heavy (non-hydrogen) atoms. The Balaban J connectivity index is 1.45. The van der Waals surface area contributed by atoms with Gasteiger partial charge in [-0.2, -0.15) is 18.4 Å². The number of hydrogen-bond acceptors (Lipinski definition) is 14. The van der Waals surface area contributed by atoms with Gasteiger partial charge in [-0.15, -0.1) is 0 Å². The van der Waals surface area contributed by atoms with E-state index in [0.717, 1.165) is 6.42 Å². The first-order valence-corrected chi connectivity index (χ1v) is 27.0. The molecule has 0 fully saturated rings. The summed E-state index contributed by atoms with van der Waals surface area (Å²) in [5, 5.41) is 10.9. The van der Waals surface area contributed by atoms with E-state index in [-0.39, 0.29) is 84.1 Å². The van der Waals surface area contributed by atoms with Crippen molar-refractivity contribution < 1.29 is 74.0 Å². The molecule has 0 saturated heterocycles. The Labute approximate surface area is 421 Å². The van der Waals surface area contributed by atoms with Crippen molar-refractivity contribution in [3.05, 3.63) is 76.9 Å². The van der Waals surface area contributed by atoms with E-state index < -0.39 is 62.4 Å². The molecular weight excluding hydrogens is 980 g/mol. The number of rotatable bonds is 24. The van der Waals surface area contributed by atoms with Crippen LogP contribution >= 0.6 is 16.0 Å². The van der Waals surface area contributed by atoms with Crippen LogP contribution in [-0.2, 0) is 47.4 Å². The number of halogens is 3. The zero-order chi connectivity index (χ0) is 53.2. The van der Waals surface area contributed by atoms with Gasteiger partial charge in [0, 0.05) is 41.0 Å². The summed E-state index contributed by atoms with van der Waals surface area (Å²) in [6, 6.07) is 15.7. The molecule has 0 radical (unpaired) electrons. The van der Waals surface area contributed by atoms with Crippen LogP contribution < -0.4 is 24.8 Å². The molecule has 1 N–H and O–H groups in total. The van der Waals surface area contributed by atoms with Gasteiger partial charge in [-0.3, -0.25) is 18.9 Å². The van der Waals surface area contributed by atoms with Crippen LogP contribution in [0.15, 0.2) is 54.6 Å². The number of benzene rings is 3. The molecule has 0 aromatic heterocycles. The van der Waals surface area contributed by atoms with Gasteiger partial charge in [-0.05, 0) is 122 Å². The number of amides is 1. The van der Waals surface area contributed by atoms with E-state index in [1.165, 1.54) is 42.5 Å². The van der Waals surface area contributed by atoms with E-state index in [4.69, 9.17) is 42.3 Å². The Morgan fingerprint density at radius 2 is 1.24 bits per heavy atom. The lowest BCUT2D eigenvalue weighted by molar-refractivity contribution is -0.173. The number of nitrogens with zero attached hydrogens (tertiary/aromatic N) is 1. The maximum atomic E-state index is 15.1. The fourth-order valence-electron chi connectivity index (χ4n) is 7.93. The number of ether oxygens (including phenoxy) is 4. The van der Waals surface area contributed by atoms with Gasteiger partial charge >= 0.3 is 37.6 Å². The number of esters is 3. The smallest absolute Gasteiger partial charge is 0.456 e. The largest absolute Gasteiger partial charge is 0.471 e. The van der Waals surface area contributed by atoms with Gasteiger partial charge < -0.3 is 42.4 Å². The van der Waals surface area contributed by atoms with Crippen molar-refractivity contribution in [2.24, 2.45) is 22.7 Å². The van der Waals surface area contributed by atoms with Crippen molar-refractivity contribution >= 4 is 45.1 Å². The fourth-order valence-corrected chi connectivity index (χ4v) is 11.6. The van der Waals surface area contributed by atoms with E-state index in [2.05, 4.69) is 33.8 Å². The SMILES string of the molecule is CC(C)C(C(C)C)P(OCCC#N)OCCCCCCOP(=O)(OCCCCNC(=O)C(F)(F)F)c1ccc2c(c1)C1(OC2=O)c2ccc(OC(=O)C(C)(C)C)cc2Oc2cc(OC(=O)C(C)(C)C)ccc21. The minimum absolute atomic E-state index is 0.0180. The van der Waals surface area contributed by atoms with Gasteiger partial charge in [-0.1, -0.05) is 40.5 Å². The number of carbonyl (C=O) groups is 4. The minimum atomic E-state index is -5.04. The molecule has 3 aromatic rings. The number of carbonyl (C=O) groups excluding carboxylic acids is 4. The maximum Gasteiger partial charge on any atom is 0.471 e. The standard InChI is InChI=1S/C52H67F3N2O13P2/c1-33(2)44(34(3)4)71(64-27-17-24-56)63-26-14-11-12-15-28-65-72(62,66-29-16-13-25-57-46(59)52(53,54)55)37-20-21-38-41(32-37)51(70-45(38)58)39-22-18-35(67-47(60)49(5,6)7)30-42(39)69-43-31-36(19-23-40(43)51)68-48(61)50(8,9)10/h18-23,30-34,44H,11-17,25-29H2,1-10H3,(H,57,59). The van der Waals surface area contributed by atoms with E-state index in [1.54, 1.807) is 53.7 Å². The van der Waals surface area contributed by atoms with Crippen LogP contribution in [0.25, 0.3) is 0 Å². The maximum absolute atomic E-state index is 15.1. The highest BCUT2D eigenvalue weighted by Gasteiger charge is 2.54. The summed E-state index contributed by atoms with van der Waals surface area (Å²) < 4.78 is 102. The second-order valence-corrected chi connectivity index (χ2v) is 24.1. The number of unbranched alkanes of at least 4 members (excludes halogenated alkanes) is 4. The quantitative estimate of drug-likeness (QED) is 0.0385. The molecule has 3 aromatic carbocycles. The highest BCUT2D eigenvalue weighted by Crippen LogP contribution is 2.58. The molecule has 0 bridgehead atoms. The number of alkyl halides is 3. The highest BCUT2D eigenvalue weighted by atomic mass is 31.2. The topological polar surface area (TPSA) is 195 Å². The Morgan fingerprint density at radius 3 is 1.74 bits per heavy atom. The molecule has 2 atom stereocenters. The van der Waals surface area contributed by atoms with Crippen molar-refractivity contribution in [3.8, 4) is 29.1 Å². The van der Waals surface area contributed by atoms with Crippen LogP contribution in [0.3, 0.4) is 0 Å². The van der Waals surface area contributed by atoms with Crippen LogP contribution in [0.2, 0.25) is 0 Å². The molecule has 15 nitrogen and oxygen atoms in total. The first kappa shape index (κ1) is 58.0. The van der Waals surface area contributed by atoms with Crippen molar-refractivity contribution in [1.82, 2.24) is 5.32 Å². The molecule has 2 unspecified atom stereocenters. The third kappa shape index (κ3) is 14.4. The van der Waals surface area contributed by atoms with Crippen LogP contribution in [-0.4, -0.2) is 68.6 Å². The average Bonchev–Trinajstić information content (AvgIpc) is 3.57. The molecule has 2 aliphatic rings. The first-order valence-electron chi connectivity index (χ1n) is 24.2. The Bertz CT molecular complexity index is 2430. The summed E-state index contributed by atoms with van der Waals surface area (Å²) in [5.74, 6) is -2.68. The predicted octanol–water partition coefficient (Wildman–Crippen LogP) is 12.0. The zero-order valence-electron chi connectivity index (χ0n) is 42.7. The van der Waals surface area contributed by atoms with E-state index in [1.807, 2.05) is 5.32 Å². The van der Waals surface area contributed by atoms with Crippen molar-refractivity contribution in [1.29, 1.82) is 5.26 Å². The number of hydrogen-bond donors (Lipinski definition) is 1. The molecule has 1 spiro atoms. The van der Waals surface area contributed by atoms with E-state index in [9.17, 15) is 32.3 Å². The monoisotopic (exact) mass is 1050 g/mol. The van der Waals surface area contributed by atoms with Crippen molar-refractivity contribution in [2.75, 3.05) is 33.0 Å². The first-order chi connectivity index (χ1) is 33.7. The van der Waals surface area contributed by atoms with Crippen molar-refractivity contribution in [2.45, 2.75) is 132 Å². The molecule has 1 amide bonds. The molecule has 2 heterocycles. The van der Waals surface area contributed by atoms with Crippen LogP contribution in [0.4, 0.5) is 13.2 Å². The van der Waals surface area contributed by atoms with Crippen LogP contribution in [0.1, 0.15) is 141 Å². The fraction of sp³-hybridized carbons (Fsp3) is 0.558. The summed E-state index contributed by atoms with van der Waals surface area (Å²) >= 11 is 0. The lowest BCUT2D eigenvalue weighted by Gasteiger charge is -2.37. The molecule has 2 aliphatic heterocycles. The molecular formula is C52H67F3N2O13P2. The van der Waals surface area contributed by atoms with Gasteiger partial charge in [0.25, 0.3) is 0 Å². The van der Waals surface area contributed by atoms with Gasteiger partial charge in [0.2, 0.25) is 0 Å². The van der Waals surface area contributed by atoms with Crippen LogP contribution in [0.5, 0.6) is 23.0 Å². The Kier molecular flexibility index (Phi) is 19.7. The summed E-state index contributed by atoms with van der Waals surface area (Å²) in [7, 11) is -5.53. The number of fused-ring (bicyclic) bond motifs is 6. The van der Waals surface area contributed by atoms with Gasteiger partial charge in [0.15, 0.2) is 14.0 Å². The Morgan fingerprint density at radius 1 is 0.722 bits per heavy atom. The predicted molar refractivity (Wildman–Crippen MR) is 263 cm³/mol. The van der Waals surface area contributed by atoms with E-state index in [0.29, 0.717) is 55.4 Å². The third-order valence-corrected chi connectivity index (χ3v) is 16.1. The molecule has 5 rings (SSSR count). The molecule has 0 aliphatic carbocycles. The zero-order valence-corrected chi connectivity index (χ0v) is 44.5. The molecule has 0 saturated carbocycles. The van der Waals surface area contributed by atoms with Crippen LogP contribution in [0, 0.1) is 34.0 Å². The third-order valence-electron chi connectivity index (χ3n) is 11.6. The summed E-state index contributed by atoms with van der Waals surface area (Å²) in [6.07, 6.45) is -2.04. The van der Waals surface area contributed by atoms with Gasteiger partial charge in [0.1, 0.15) is 23.0 Å². The molecule has 394 valence electrons. The summed E-state index contributed by atoms with van der Waals surface area (Å²) in [5.41, 5.74) is -2.29. The van der Waals surface area contributed by atoms with E-state index >= 15 is 4.57 Å². The minimum Gasteiger partial charge on any atom is -0.456 e. The summed E-state index contributed by atoms with van der Waals surface area (Å²) in [4.78, 5) is 51.3. The number of nitrogens with one attached hydrogen (secondary N) is 1. The lowest BCUT2D eigenvalue weighted by Crippen LogP contribution is -2.37. The number of nitriles is 1.